The molecule has 37 heavy (non-hydrogen) atoms. The van der Waals surface area contributed by atoms with Crippen LogP contribution in [0.15, 0.2) is 62.7 Å². The highest BCUT2D eigenvalue weighted by Crippen LogP contribution is 2.31. The second kappa shape index (κ2) is 9.73. The van der Waals surface area contributed by atoms with Gasteiger partial charge in [0.25, 0.3) is 5.69 Å². The molecule has 13 heteroatoms. The highest BCUT2D eigenvalue weighted by molar-refractivity contribution is 5.80. The van der Waals surface area contributed by atoms with Crippen molar-refractivity contribution in [1.29, 1.82) is 0 Å². The maximum absolute atomic E-state index is 11.2. The van der Waals surface area contributed by atoms with Crippen LogP contribution < -0.4 is 16.3 Å². The van der Waals surface area contributed by atoms with Crippen molar-refractivity contribution >= 4 is 40.5 Å². The summed E-state index contributed by atoms with van der Waals surface area (Å²) in [5.41, 5.74) is 13.4. The van der Waals surface area contributed by atoms with E-state index in [-0.39, 0.29) is 22.8 Å². The lowest BCUT2D eigenvalue weighted by molar-refractivity contribution is -0.385. The van der Waals surface area contributed by atoms with E-state index < -0.39 is 4.92 Å². The minimum atomic E-state index is -0.396. The van der Waals surface area contributed by atoms with E-state index in [1.807, 2.05) is 31.2 Å². The lowest BCUT2D eigenvalue weighted by Gasteiger charge is -2.11. The molecule has 0 spiro atoms. The van der Waals surface area contributed by atoms with E-state index in [2.05, 4.69) is 41.7 Å². The number of anilines is 3. The SMILES string of the molecule is Cc1ccc(NNc2nc3nonc3nc2N/N=C/c2ccc(-c3cc(C)c([N+](=O)[O-])cc3C)o2)cc1. The number of aromatic nitrogens is 4. The first-order valence-electron chi connectivity index (χ1n) is 11.1. The van der Waals surface area contributed by atoms with E-state index in [0.29, 0.717) is 22.9 Å². The summed E-state index contributed by atoms with van der Waals surface area (Å²) in [6.07, 6.45) is 1.47. The minimum absolute atomic E-state index is 0.0699. The third kappa shape index (κ3) is 5.05. The van der Waals surface area contributed by atoms with Crippen LogP contribution in [0.25, 0.3) is 22.6 Å². The lowest BCUT2D eigenvalue weighted by Crippen LogP contribution is -2.13. The summed E-state index contributed by atoms with van der Waals surface area (Å²) < 4.78 is 10.6. The Morgan fingerprint density at radius 1 is 0.919 bits per heavy atom. The van der Waals surface area contributed by atoms with Crippen molar-refractivity contribution < 1.29 is 14.0 Å². The van der Waals surface area contributed by atoms with Gasteiger partial charge in [-0.1, -0.05) is 17.7 Å². The normalized spacial score (nSPS) is 11.2. The standard InChI is InChI=1S/C24H21N9O4/c1-13-4-6-16(7-5-13)28-30-22-21(26-23-24(27-22)32-37-31-23)29-25-12-17-8-9-20(36-17)18-10-15(3)19(33(34)35)11-14(18)2/h4-12,28H,1-3H3,(H,26,29,31)(H,27,30,32)/b25-12+. The number of nitro benzene ring substituents is 1. The average molecular weight is 499 g/mol. The Bertz CT molecular complexity index is 1620. The number of hydrazine groups is 1. The minimum Gasteiger partial charge on any atom is -0.455 e. The van der Waals surface area contributed by atoms with E-state index in [1.54, 1.807) is 32.0 Å². The average Bonchev–Trinajstić information content (AvgIpc) is 3.54. The van der Waals surface area contributed by atoms with Crippen LogP contribution in [0, 0.1) is 30.9 Å². The second-order valence-corrected chi connectivity index (χ2v) is 8.23. The number of furan rings is 1. The molecule has 0 aliphatic carbocycles. The van der Waals surface area contributed by atoms with Crippen LogP contribution in [0.5, 0.6) is 0 Å². The van der Waals surface area contributed by atoms with Gasteiger partial charge in [0.2, 0.25) is 11.3 Å². The van der Waals surface area contributed by atoms with Crippen LogP contribution in [-0.2, 0) is 0 Å². The van der Waals surface area contributed by atoms with Crippen LogP contribution >= 0.6 is 0 Å². The second-order valence-electron chi connectivity index (χ2n) is 8.23. The first-order chi connectivity index (χ1) is 17.9. The molecule has 3 aromatic heterocycles. The summed E-state index contributed by atoms with van der Waals surface area (Å²) >= 11 is 0. The molecule has 5 rings (SSSR count). The number of rotatable bonds is 8. The highest BCUT2D eigenvalue weighted by Gasteiger charge is 2.16. The first-order valence-corrected chi connectivity index (χ1v) is 11.1. The molecule has 0 unspecified atom stereocenters. The van der Waals surface area contributed by atoms with Crippen LogP contribution in [-0.4, -0.2) is 31.4 Å². The monoisotopic (exact) mass is 499 g/mol. The molecular formula is C24H21N9O4. The molecular weight excluding hydrogens is 478 g/mol. The summed E-state index contributed by atoms with van der Waals surface area (Å²) in [5, 5.41) is 22.9. The summed E-state index contributed by atoms with van der Waals surface area (Å²) in [6, 6.07) is 14.6. The van der Waals surface area contributed by atoms with Crippen LogP contribution in [0.1, 0.15) is 22.5 Å². The summed E-state index contributed by atoms with van der Waals surface area (Å²) in [4.78, 5) is 19.5. The van der Waals surface area contributed by atoms with Gasteiger partial charge in [-0.2, -0.15) is 15.1 Å². The topological polar surface area (TPSA) is 169 Å². The number of fused-ring (bicyclic) bond motifs is 1. The molecule has 3 N–H and O–H groups in total. The Kier molecular flexibility index (Phi) is 6.16. The zero-order valence-corrected chi connectivity index (χ0v) is 20.0. The fraction of sp³-hybridized carbons (Fsp3) is 0.125. The number of nitrogens with one attached hydrogen (secondary N) is 3. The van der Waals surface area contributed by atoms with Gasteiger partial charge in [0.05, 0.1) is 16.8 Å². The van der Waals surface area contributed by atoms with Gasteiger partial charge < -0.3 is 4.42 Å². The fourth-order valence-corrected chi connectivity index (χ4v) is 3.56. The predicted molar refractivity (Wildman–Crippen MR) is 137 cm³/mol. The molecule has 0 fully saturated rings. The van der Waals surface area contributed by atoms with E-state index in [0.717, 1.165) is 22.4 Å². The zero-order valence-electron chi connectivity index (χ0n) is 20.0. The Hall–Kier alpha value is -5.33. The van der Waals surface area contributed by atoms with Crippen molar-refractivity contribution in [2.45, 2.75) is 20.8 Å². The van der Waals surface area contributed by atoms with Crippen LogP contribution in [0.2, 0.25) is 0 Å². The number of hydrogen-bond acceptors (Lipinski definition) is 12. The maximum atomic E-state index is 11.2. The molecule has 186 valence electrons. The molecule has 2 aromatic carbocycles. The van der Waals surface area contributed by atoms with Crippen molar-refractivity contribution in [3.63, 3.8) is 0 Å². The molecule has 0 bridgehead atoms. The lowest BCUT2D eigenvalue weighted by atomic mass is 10.0. The van der Waals surface area contributed by atoms with Gasteiger partial charge in [-0.05, 0) is 67.0 Å². The zero-order chi connectivity index (χ0) is 25.9. The van der Waals surface area contributed by atoms with Crippen molar-refractivity contribution in [3.8, 4) is 11.3 Å². The Labute approximate surface area is 209 Å². The molecule has 0 radical (unpaired) electrons. The predicted octanol–water partition coefficient (Wildman–Crippen LogP) is 4.99. The number of nitro groups is 1. The molecule has 0 saturated carbocycles. The number of aryl methyl sites for hydroxylation is 3. The Morgan fingerprint density at radius 2 is 1.65 bits per heavy atom. The molecule has 0 atom stereocenters. The fourth-order valence-electron chi connectivity index (χ4n) is 3.56. The number of hydrazone groups is 1. The van der Waals surface area contributed by atoms with Crippen molar-refractivity contribution in [2.24, 2.45) is 5.10 Å². The van der Waals surface area contributed by atoms with Crippen LogP contribution in [0.4, 0.5) is 23.0 Å². The first kappa shape index (κ1) is 23.4. The third-order valence-electron chi connectivity index (χ3n) is 5.49. The van der Waals surface area contributed by atoms with Crippen molar-refractivity contribution in [1.82, 2.24) is 20.3 Å². The summed E-state index contributed by atoms with van der Waals surface area (Å²) in [7, 11) is 0. The van der Waals surface area contributed by atoms with Crippen molar-refractivity contribution in [3.05, 3.63) is 81.1 Å². The molecule has 0 saturated heterocycles. The van der Waals surface area contributed by atoms with Gasteiger partial charge in [-0.3, -0.25) is 26.4 Å². The Balaban J connectivity index is 1.34. The maximum Gasteiger partial charge on any atom is 0.272 e. The van der Waals surface area contributed by atoms with Gasteiger partial charge >= 0.3 is 0 Å². The van der Waals surface area contributed by atoms with Crippen LogP contribution in [0.3, 0.4) is 0 Å². The number of benzene rings is 2. The molecule has 0 amide bonds. The van der Waals surface area contributed by atoms with Gasteiger partial charge in [0, 0.05) is 17.2 Å². The van der Waals surface area contributed by atoms with E-state index >= 15 is 0 Å². The number of hydrogen-bond donors (Lipinski definition) is 3. The smallest absolute Gasteiger partial charge is 0.272 e. The van der Waals surface area contributed by atoms with Gasteiger partial charge in [0.15, 0.2) is 11.6 Å². The van der Waals surface area contributed by atoms with Gasteiger partial charge in [-0.25, -0.2) is 4.63 Å². The van der Waals surface area contributed by atoms with E-state index in [1.165, 1.54) is 12.3 Å². The largest absolute Gasteiger partial charge is 0.455 e. The van der Waals surface area contributed by atoms with Gasteiger partial charge in [-0.15, -0.1) is 0 Å². The Morgan fingerprint density at radius 3 is 2.38 bits per heavy atom. The van der Waals surface area contributed by atoms with Gasteiger partial charge in [0.1, 0.15) is 11.5 Å². The van der Waals surface area contributed by atoms with E-state index in [9.17, 15) is 10.1 Å². The molecule has 13 nitrogen and oxygen atoms in total. The third-order valence-corrected chi connectivity index (χ3v) is 5.49. The van der Waals surface area contributed by atoms with Crippen molar-refractivity contribution in [2.75, 3.05) is 16.3 Å². The molecule has 5 aromatic rings. The molecule has 0 aliphatic heterocycles. The quantitative estimate of drug-likeness (QED) is 0.149. The summed E-state index contributed by atoms with van der Waals surface area (Å²) in [6.45, 7) is 5.49. The summed E-state index contributed by atoms with van der Waals surface area (Å²) in [5.74, 6) is 1.62. The van der Waals surface area contributed by atoms with E-state index in [4.69, 9.17) is 9.05 Å². The molecule has 3 heterocycles. The molecule has 0 aliphatic rings. The highest BCUT2D eigenvalue weighted by atomic mass is 16.6. The number of nitrogens with zero attached hydrogens (tertiary/aromatic N) is 6.